The molecule has 1 aliphatic carbocycles. The number of aromatic nitrogens is 3. The number of amides is 1. The SMILES string of the molecule is C[C@H](C(=O)N1CC[C@@]2(O)CCCC[C@H]2C1)n1nnc2ccccc2c1=O. The molecule has 1 aliphatic heterocycles. The number of fused-ring (bicyclic) bond motifs is 2. The second-order valence-corrected chi connectivity index (χ2v) is 7.61. The molecule has 4 rings (SSSR count). The normalized spacial score (nSPS) is 27.2. The Labute approximate surface area is 151 Å². The van der Waals surface area contributed by atoms with Gasteiger partial charge in [-0.15, -0.1) is 5.10 Å². The summed E-state index contributed by atoms with van der Waals surface area (Å²) in [6.07, 6.45) is 4.53. The van der Waals surface area contributed by atoms with Gasteiger partial charge in [0.2, 0.25) is 5.91 Å². The van der Waals surface area contributed by atoms with E-state index < -0.39 is 11.6 Å². The lowest BCUT2D eigenvalue weighted by Crippen LogP contribution is -2.55. The summed E-state index contributed by atoms with van der Waals surface area (Å²) in [4.78, 5) is 27.4. The number of hydrogen-bond donors (Lipinski definition) is 1. The van der Waals surface area contributed by atoms with E-state index in [1.54, 1.807) is 36.1 Å². The fraction of sp³-hybridized carbons (Fsp3) is 0.579. The summed E-state index contributed by atoms with van der Waals surface area (Å²) in [7, 11) is 0. The minimum atomic E-state index is -0.714. The Morgan fingerprint density at radius 2 is 2.12 bits per heavy atom. The first-order valence-electron chi connectivity index (χ1n) is 9.35. The molecule has 1 aromatic heterocycles. The van der Waals surface area contributed by atoms with Crippen LogP contribution in [0.25, 0.3) is 10.9 Å². The Bertz CT molecular complexity index is 896. The molecule has 26 heavy (non-hydrogen) atoms. The Morgan fingerprint density at radius 1 is 1.31 bits per heavy atom. The smallest absolute Gasteiger partial charge is 0.278 e. The highest BCUT2D eigenvalue weighted by atomic mass is 16.3. The van der Waals surface area contributed by atoms with Crippen molar-refractivity contribution in [3.63, 3.8) is 0 Å². The number of likely N-dealkylation sites (tertiary alicyclic amines) is 1. The van der Waals surface area contributed by atoms with Crippen molar-refractivity contribution in [3.8, 4) is 0 Å². The van der Waals surface area contributed by atoms with Crippen molar-refractivity contribution < 1.29 is 9.90 Å². The molecule has 1 aromatic carbocycles. The molecule has 1 saturated heterocycles. The number of nitrogens with zero attached hydrogens (tertiary/aromatic N) is 4. The van der Waals surface area contributed by atoms with Gasteiger partial charge >= 0.3 is 0 Å². The quantitative estimate of drug-likeness (QED) is 0.881. The predicted octanol–water partition coefficient (Wildman–Crippen LogP) is 1.51. The van der Waals surface area contributed by atoms with E-state index in [-0.39, 0.29) is 17.4 Å². The van der Waals surface area contributed by atoms with E-state index in [1.807, 2.05) is 0 Å². The second kappa shape index (κ2) is 6.46. The van der Waals surface area contributed by atoms with Gasteiger partial charge in [0.1, 0.15) is 11.6 Å². The van der Waals surface area contributed by atoms with Crippen LogP contribution in [0.3, 0.4) is 0 Å². The van der Waals surface area contributed by atoms with Crippen LogP contribution in [-0.2, 0) is 4.79 Å². The molecule has 7 heteroatoms. The zero-order valence-corrected chi connectivity index (χ0v) is 15.0. The lowest BCUT2D eigenvalue weighted by Gasteiger charge is -2.47. The van der Waals surface area contributed by atoms with Crippen LogP contribution in [0.4, 0.5) is 0 Å². The van der Waals surface area contributed by atoms with Crippen LogP contribution in [0.1, 0.15) is 45.1 Å². The molecule has 0 bridgehead atoms. The minimum Gasteiger partial charge on any atom is -0.389 e. The predicted molar refractivity (Wildman–Crippen MR) is 96.6 cm³/mol. The molecule has 2 aromatic rings. The van der Waals surface area contributed by atoms with Crippen LogP contribution >= 0.6 is 0 Å². The van der Waals surface area contributed by atoms with Crippen molar-refractivity contribution >= 4 is 16.8 Å². The molecule has 3 atom stereocenters. The van der Waals surface area contributed by atoms with Gasteiger partial charge in [-0.1, -0.05) is 30.2 Å². The summed E-state index contributed by atoms with van der Waals surface area (Å²) in [6, 6.07) is 6.29. The highest BCUT2D eigenvalue weighted by Gasteiger charge is 2.44. The molecular formula is C19H24N4O3. The molecule has 1 saturated carbocycles. The number of carbonyl (C=O) groups is 1. The van der Waals surface area contributed by atoms with Gasteiger partial charge in [-0.3, -0.25) is 9.59 Å². The Kier molecular flexibility index (Phi) is 4.26. The van der Waals surface area contributed by atoms with E-state index >= 15 is 0 Å². The molecule has 0 unspecified atom stereocenters. The van der Waals surface area contributed by atoms with E-state index in [0.29, 0.717) is 30.4 Å². The maximum atomic E-state index is 13.0. The number of benzene rings is 1. The second-order valence-electron chi connectivity index (χ2n) is 7.61. The average molecular weight is 356 g/mol. The van der Waals surface area contributed by atoms with Gasteiger partial charge in [-0.2, -0.15) is 4.68 Å². The van der Waals surface area contributed by atoms with E-state index in [9.17, 15) is 14.7 Å². The van der Waals surface area contributed by atoms with Gasteiger partial charge in [-0.05, 0) is 38.3 Å². The number of aliphatic hydroxyl groups is 1. The van der Waals surface area contributed by atoms with E-state index in [2.05, 4.69) is 10.3 Å². The standard InChI is InChI=1S/C19H24N4O3/c1-13(23-18(25)15-7-2-3-8-16(15)20-21-23)17(24)22-11-10-19(26)9-5-4-6-14(19)12-22/h2-3,7-8,13-14,26H,4-6,9-12H2,1H3/t13-,14+,19+/m1/s1. The maximum Gasteiger partial charge on any atom is 0.278 e. The Hall–Kier alpha value is -2.28. The van der Waals surface area contributed by atoms with Crippen LogP contribution in [0.2, 0.25) is 0 Å². The maximum absolute atomic E-state index is 13.0. The van der Waals surface area contributed by atoms with Crippen LogP contribution in [-0.4, -0.2) is 49.6 Å². The van der Waals surface area contributed by atoms with Crippen molar-refractivity contribution in [1.29, 1.82) is 0 Å². The monoisotopic (exact) mass is 356 g/mol. The highest BCUT2D eigenvalue weighted by Crippen LogP contribution is 2.40. The number of rotatable bonds is 2. The number of hydrogen-bond acceptors (Lipinski definition) is 5. The van der Waals surface area contributed by atoms with Crippen LogP contribution in [0.15, 0.2) is 29.1 Å². The van der Waals surface area contributed by atoms with Crippen molar-refractivity contribution in [1.82, 2.24) is 19.9 Å². The molecule has 2 aliphatic rings. The fourth-order valence-electron chi connectivity index (χ4n) is 4.40. The first kappa shape index (κ1) is 17.1. The third-order valence-electron chi connectivity index (χ3n) is 6.05. The number of carbonyl (C=O) groups excluding carboxylic acids is 1. The van der Waals surface area contributed by atoms with Gasteiger partial charge in [0.25, 0.3) is 5.56 Å². The first-order valence-corrected chi connectivity index (χ1v) is 9.35. The summed E-state index contributed by atoms with van der Waals surface area (Å²) in [5.41, 5.74) is -0.404. The van der Waals surface area contributed by atoms with Crippen LogP contribution in [0, 0.1) is 5.92 Å². The molecule has 1 N–H and O–H groups in total. The topological polar surface area (TPSA) is 88.3 Å². The van der Waals surface area contributed by atoms with Crippen molar-refractivity contribution in [3.05, 3.63) is 34.6 Å². The van der Waals surface area contributed by atoms with Gasteiger partial charge < -0.3 is 10.0 Å². The summed E-state index contributed by atoms with van der Waals surface area (Å²) in [6.45, 7) is 2.76. The van der Waals surface area contributed by atoms with Crippen molar-refractivity contribution in [2.75, 3.05) is 13.1 Å². The lowest BCUT2D eigenvalue weighted by atomic mass is 9.71. The fourth-order valence-corrected chi connectivity index (χ4v) is 4.40. The highest BCUT2D eigenvalue weighted by molar-refractivity contribution is 5.81. The van der Waals surface area contributed by atoms with Gasteiger partial charge in [0.15, 0.2) is 0 Å². The number of piperidine rings is 1. The molecule has 2 heterocycles. The van der Waals surface area contributed by atoms with Gasteiger partial charge in [0, 0.05) is 19.0 Å². The Balaban J connectivity index is 1.57. The van der Waals surface area contributed by atoms with Crippen molar-refractivity contribution in [2.24, 2.45) is 5.92 Å². The molecule has 1 amide bonds. The summed E-state index contributed by atoms with van der Waals surface area (Å²) in [5.74, 6) is -0.00938. The average Bonchev–Trinajstić information content (AvgIpc) is 2.66. The van der Waals surface area contributed by atoms with E-state index in [0.717, 1.165) is 25.7 Å². The summed E-state index contributed by atoms with van der Waals surface area (Å²) >= 11 is 0. The lowest BCUT2D eigenvalue weighted by molar-refractivity contribution is -0.146. The third-order valence-corrected chi connectivity index (χ3v) is 6.05. The van der Waals surface area contributed by atoms with E-state index in [4.69, 9.17) is 0 Å². The van der Waals surface area contributed by atoms with E-state index in [1.165, 1.54) is 4.68 Å². The molecule has 0 spiro atoms. The molecule has 7 nitrogen and oxygen atoms in total. The largest absolute Gasteiger partial charge is 0.389 e. The van der Waals surface area contributed by atoms with Crippen LogP contribution in [0.5, 0.6) is 0 Å². The van der Waals surface area contributed by atoms with Gasteiger partial charge in [0.05, 0.1) is 11.0 Å². The zero-order chi connectivity index (χ0) is 18.3. The van der Waals surface area contributed by atoms with Crippen LogP contribution < -0.4 is 5.56 Å². The summed E-state index contributed by atoms with van der Waals surface area (Å²) in [5, 5.41) is 19.3. The molecular weight excluding hydrogens is 332 g/mol. The first-order chi connectivity index (χ1) is 12.5. The summed E-state index contributed by atoms with van der Waals surface area (Å²) < 4.78 is 1.17. The molecule has 0 radical (unpaired) electrons. The Morgan fingerprint density at radius 3 is 2.96 bits per heavy atom. The minimum absolute atomic E-state index is 0.126. The van der Waals surface area contributed by atoms with Crippen molar-refractivity contribution in [2.45, 2.75) is 50.7 Å². The third kappa shape index (κ3) is 2.80. The zero-order valence-electron chi connectivity index (χ0n) is 15.0. The molecule has 2 fully saturated rings. The molecule has 138 valence electrons. The van der Waals surface area contributed by atoms with Gasteiger partial charge in [-0.25, -0.2) is 0 Å².